The lowest BCUT2D eigenvalue weighted by Crippen LogP contribution is -2.56. The molecule has 4 N–H and O–H groups in total. The van der Waals surface area contributed by atoms with Gasteiger partial charge in [0, 0.05) is 38.2 Å². The van der Waals surface area contributed by atoms with E-state index in [4.69, 9.17) is 11.1 Å². The van der Waals surface area contributed by atoms with Crippen LogP contribution < -0.4 is 16.0 Å². The molecule has 1 fully saturated rings. The molecule has 1 aromatic carbocycles. The highest BCUT2D eigenvalue weighted by Gasteiger charge is 2.27. The lowest BCUT2D eigenvalue weighted by Gasteiger charge is -2.37. The maximum atomic E-state index is 14.0. The van der Waals surface area contributed by atoms with Crippen LogP contribution in [0.5, 0.6) is 0 Å². The Morgan fingerprint density at radius 3 is 2.71 bits per heavy atom. The molecule has 146 valence electrons. The van der Waals surface area contributed by atoms with Gasteiger partial charge in [0.1, 0.15) is 11.5 Å². The first-order chi connectivity index (χ1) is 13.3. The number of anilines is 1. The van der Waals surface area contributed by atoms with Gasteiger partial charge in [-0.15, -0.1) is 0 Å². The van der Waals surface area contributed by atoms with Crippen molar-refractivity contribution in [1.82, 2.24) is 15.3 Å². The molecule has 0 spiro atoms. The summed E-state index contributed by atoms with van der Waals surface area (Å²) in [6.07, 6.45) is 2.24. The summed E-state index contributed by atoms with van der Waals surface area (Å²) in [5.74, 6) is -1.28. The summed E-state index contributed by atoms with van der Waals surface area (Å²) >= 11 is 0. The highest BCUT2D eigenvalue weighted by atomic mass is 19.1. The van der Waals surface area contributed by atoms with Gasteiger partial charge in [0.25, 0.3) is 0 Å². The minimum Gasteiger partial charge on any atom is -0.378 e. The van der Waals surface area contributed by atoms with Crippen LogP contribution >= 0.6 is 0 Å². The zero-order valence-electron chi connectivity index (χ0n) is 15.2. The van der Waals surface area contributed by atoms with Crippen LogP contribution in [0.25, 0.3) is 0 Å². The molecule has 1 aromatic heterocycles. The third-order valence-corrected chi connectivity index (χ3v) is 4.27. The van der Waals surface area contributed by atoms with Gasteiger partial charge in [0.05, 0.1) is 11.9 Å². The minimum absolute atomic E-state index is 0.0247. The van der Waals surface area contributed by atoms with Crippen molar-refractivity contribution in [3.63, 3.8) is 0 Å². The van der Waals surface area contributed by atoms with Gasteiger partial charge in [-0.25, -0.2) is 18.7 Å². The Morgan fingerprint density at radius 2 is 2.07 bits per heavy atom. The van der Waals surface area contributed by atoms with Crippen molar-refractivity contribution in [2.75, 3.05) is 18.0 Å². The van der Waals surface area contributed by atoms with Gasteiger partial charge < -0.3 is 16.0 Å². The molecule has 1 aliphatic heterocycles. The van der Waals surface area contributed by atoms with Crippen molar-refractivity contribution in [2.45, 2.75) is 19.5 Å². The van der Waals surface area contributed by atoms with Crippen molar-refractivity contribution in [3.8, 4) is 0 Å². The van der Waals surface area contributed by atoms with Crippen molar-refractivity contribution < 1.29 is 13.6 Å². The van der Waals surface area contributed by atoms with Gasteiger partial charge in [-0.3, -0.25) is 10.2 Å². The van der Waals surface area contributed by atoms with Crippen LogP contribution in [0.2, 0.25) is 0 Å². The van der Waals surface area contributed by atoms with Crippen LogP contribution in [0.1, 0.15) is 18.3 Å². The number of allylic oxidation sites excluding steroid dienone is 2. The maximum absolute atomic E-state index is 14.0. The molecule has 7 nitrogen and oxygen atoms in total. The van der Waals surface area contributed by atoms with Crippen LogP contribution in [0, 0.1) is 17.0 Å². The zero-order chi connectivity index (χ0) is 20.3. The summed E-state index contributed by atoms with van der Waals surface area (Å²) in [6, 6.07) is 6.15. The SMILES string of the molecule is CC(=O)/C(=C/C(=N)c1ncc(F)c(N2CC(N)C2)n1)NCc1ccccc1F. The van der Waals surface area contributed by atoms with E-state index in [2.05, 4.69) is 15.3 Å². The molecule has 0 radical (unpaired) electrons. The van der Waals surface area contributed by atoms with E-state index in [0.29, 0.717) is 18.7 Å². The van der Waals surface area contributed by atoms with Crippen molar-refractivity contribution in [2.24, 2.45) is 5.73 Å². The Labute approximate surface area is 160 Å². The highest BCUT2D eigenvalue weighted by Crippen LogP contribution is 2.21. The Kier molecular flexibility index (Phi) is 5.74. The van der Waals surface area contributed by atoms with E-state index >= 15 is 0 Å². The molecule has 3 rings (SSSR count). The van der Waals surface area contributed by atoms with Crippen LogP contribution in [0.4, 0.5) is 14.6 Å². The summed E-state index contributed by atoms with van der Waals surface area (Å²) in [7, 11) is 0. The topological polar surface area (TPSA) is 108 Å². The number of halogens is 2. The molecule has 0 aliphatic carbocycles. The van der Waals surface area contributed by atoms with Gasteiger partial charge in [0.15, 0.2) is 23.2 Å². The molecule has 2 aromatic rings. The normalized spacial score (nSPS) is 14.6. The number of carbonyl (C=O) groups is 1. The largest absolute Gasteiger partial charge is 0.378 e. The van der Waals surface area contributed by atoms with Crippen molar-refractivity contribution in [3.05, 3.63) is 65.3 Å². The molecule has 0 amide bonds. The van der Waals surface area contributed by atoms with E-state index in [1.807, 2.05) is 0 Å². The predicted octanol–water partition coefficient (Wildman–Crippen LogP) is 1.53. The molecule has 0 bridgehead atoms. The second kappa shape index (κ2) is 8.22. The second-order valence-corrected chi connectivity index (χ2v) is 6.50. The van der Waals surface area contributed by atoms with Gasteiger partial charge in [0.2, 0.25) is 0 Å². The zero-order valence-corrected chi connectivity index (χ0v) is 15.2. The number of ketones is 1. The van der Waals surface area contributed by atoms with Crippen LogP contribution in [0.15, 0.2) is 42.2 Å². The van der Waals surface area contributed by atoms with Crippen LogP contribution in [0.3, 0.4) is 0 Å². The Morgan fingerprint density at radius 1 is 1.36 bits per heavy atom. The number of nitrogens with one attached hydrogen (secondary N) is 2. The average molecular weight is 386 g/mol. The molecule has 0 saturated carbocycles. The Balaban J connectivity index is 1.77. The molecule has 2 heterocycles. The summed E-state index contributed by atoms with van der Waals surface area (Å²) in [6.45, 7) is 2.34. The summed E-state index contributed by atoms with van der Waals surface area (Å²) < 4.78 is 27.7. The predicted molar refractivity (Wildman–Crippen MR) is 101 cm³/mol. The van der Waals surface area contributed by atoms with Crippen LogP contribution in [-0.2, 0) is 11.3 Å². The number of hydrogen-bond donors (Lipinski definition) is 3. The molecule has 1 saturated heterocycles. The summed E-state index contributed by atoms with van der Waals surface area (Å²) in [5, 5.41) is 11.0. The first kappa shape index (κ1) is 19.6. The van der Waals surface area contributed by atoms with E-state index in [-0.39, 0.29) is 41.4 Å². The number of carbonyl (C=O) groups excluding carboxylic acids is 1. The molecular weight excluding hydrogens is 366 g/mol. The molecule has 9 heteroatoms. The first-order valence-corrected chi connectivity index (χ1v) is 8.67. The lowest BCUT2D eigenvalue weighted by molar-refractivity contribution is -0.114. The van der Waals surface area contributed by atoms with Crippen LogP contribution in [-0.4, -0.2) is 40.6 Å². The van der Waals surface area contributed by atoms with E-state index in [1.165, 1.54) is 19.1 Å². The summed E-state index contributed by atoms with van der Waals surface area (Å²) in [5.41, 5.74) is 6.03. The minimum atomic E-state index is -0.600. The van der Waals surface area contributed by atoms with Crippen molar-refractivity contribution in [1.29, 1.82) is 5.41 Å². The number of benzene rings is 1. The highest BCUT2D eigenvalue weighted by molar-refractivity contribution is 6.09. The second-order valence-electron chi connectivity index (χ2n) is 6.50. The molecule has 1 aliphatic rings. The standard InChI is InChI=1S/C19H20F2N6O/c1-11(28)17(24-7-12-4-2-3-5-14(12)20)6-16(23)18-25-8-15(21)19(26-18)27-9-13(22)10-27/h2-6,8,13,23-24H,7,9-10,22H2,1H3/b17-6-,23-16?. The summed E-state index contributed by atoms with van der Waals surface area (Å²) in [4.78, 5) is 21.5. The van der Waals surface area contributed by atoms with E-state index in [1.54, 1.807) is 23.1 Å². The lowest BCUT2D eigenvalue weighted by atomic mass is 10.1. The van der Waals surface area contributed by atoms with E-state index < -0.39 is 11.6 Å². The van der Waals surface area contributed by atoms with Gasteiger partial charge in [-0.05, 0) is 12.1 Å². The Bertz CT molecular complexity index is 940. The first-order valence-electron chi connectivity index (χ1n) is 8.67. The number of nitrogens with two attached hydrogens (primary N) is 1. The van der Waals surface area contributed by atoms with Crippen molar-refractivity contribution >= 4 is 17.3 Å². The third-order valence-electron chi connectivity index (χ3n) is 4.27. The maximum Gasteiger partial charge on any atom is 0.183 e. The number of nitrogens with zero attached hydrogens (tertiary/aromatic N) is 3. The van der Waals surface area contributed by atoms with Gasteiger partial charge in [-0.2, -0.15) is 0 Å². The Hall–Kier alpha value is -3.20. The molecule has 0 unspecified atom stereocenters. The monoisotopic (exact) mass is 386 g/mol. The third kappa shape index (κ3) is 4.37. The van der Waals surface area contributed by atoms with E-state index in [9.17, 15) is 13.6 Å². The number of aromatic nitrogens is 2. The van der Waals surface area contributed by atoms with E-state index in [0.717, 1.165) is 6.20 Å². The van der Waals surface area contributed by atoms with Gasteiger partial charge >= 0.3 is 0 Å². The number of rotatable bonds is 7. The van der Waals surface area contributed by atoms with Gasteiger partial charge in [-0.1, -0.05) is 18.2 Å². The average Bonchev–Trinajstić information content (AvgIpc) is 2.64. The molecule has 28 heavy (non-hydrogen) atoms. The molecular formula is C19H20F2N6O. The molecule has 0 atom stereocenters. The fourth-order valence-electron chi connectivity index (χ4n) is 2.71. The quantitative estimate of drug-likeness (QED) is 0.492. The fraction of sp³-hybridized carbons (Fsp3) is 0.263. The fourth-order valence-corrected chi connectivity index (χ4v) is 2.71. The number of Topliss-reactive ketones (excluding diaryl/α,β-unsaturated/α-hetero) is 1. The number of hydrogen-bond acceptors (Lipinski definition) is 7. The smallest absolute Gasteiger partial charge is 0.183 e.